The molecule has 146 valence electrons. The molecule has 1 aromatic heterocycles. The van der Waals surface area contributed by atoms with Crippen molar-refractivity contribution in [2.75, 3.05) is 0 Å². The first-order valence-corrected chi connectivity index (χ1v) is 10.9. The summed E-state index contributed by atoms with van der Waals surface area (Å²) in [6.07, 6.45) is 16.2. The van der Waals surface area contributed by atoms with Gasteiger partial charge in [0.1, 0.15) is 0 Å². The van der Waals surface area contributed by atoms with E-state index in [1.165, 1.54) is 30.4 Å². The van der Waals surface area contributed by atoms with Crippen molar-refractivity contribution in [2.24, 2.45) is 28.6 Å². The van der Waals surface area contributed by atoms with Crippen LogP contribution in [0.2, 0.25) is 0 Å². The summed E-state index contributed by atoms with van der Waals surface area (Å²) in [7, 11) is 0. The molecule has 3 nitrogen and oxygen atoms in total. The number of pyridine rings is 1. The van der Waals surface area contributed by atoms with Crippen LogP contribution < -0.4 is 0 Å². The van der Waals surface area contributed by atoms with Crippen LogP contribution in [-0.2, 0) is 0 Å². The molecule has 1 heterocycles. The zero-order valence-electron chi connectivity index (χ0n) is 17.0. The SMILES string of the molecule is [C-]#[N+]c1cncc(C2=CC[C@H]3[C@@H]4CC=C5C[C@@H](O)CC[C@]5(C)[C@H]4CC[C@]23C)c1. The molecule has 1 N–H and O–H groups in total. The molecule has 4 aliphatic rings. The highest BCUT2D eigenvalue weighted by Gasteiger charge is 2.56. The van der Waals surface area contributed by atoms with Crippen LogP contribution in [0.3, 0.4) is 0 Å². The van der Waals surface area contributed by atoms with Gasteiger partial charge in [0.05, 0.1) is 12.7 Å². The van der Waals surface area contributed by atoms with Gasteiger partial charge in [0.2, 0.25) is 5.69 Å². The lowest BCUT2D eigenvalue weighted by atomic mass is 9.47. The topological polar surface area (TPSA) is 37.5 Å². The number of hydrogen-bond donors (Lipinski definition) is 1. The molecule has 0 saturated heterocycles. The van der Waals surface area contributed by atoms with E-state index >= 15 is 0 Å². The molecule has 0 spiro atoms. The minimum atomic E-state index is -0.133. The van der Waals surface area contributed by atoms with E-state index in [1.807, 2.05) is 12.3 Å². The molecular weight excluding hydrogens is 344 g/mol. The van der Waals surface area contributed by atoms with Crippen molar-refractivity contribution in [2.45, 2.75) is 64.9 Å². The summed E-state index contributed by atoms with van der Waals surface area (Å²) in [6.45, 7) is 12.3. The molecule has 0 unspecified atom stereocenters. The number of allylic oxidation sites excluding steroid dienone is 3. The van der Waals surface area contributed by atoms with Gasteiger partial charge in [-0.2, -0.15) is 0 Å². The minimum Gasteiger partial charge on any atom is -0.393 e. The number of aliphatic hydroxyl groups excluding tert-OH is 1. The molecule has 0 radical (unpaired) electrons. The first-order valence-electron chi connectivity index (χ1n) is 10.9. The molecule has 0 amide bonds. The molecule has 0 aromatic carbocycles. The Hall–Kier alpha value is -1.92. The highest BCUT2D eigenvalue weighted by Crippen LogP contribution is 2.66. The van der Waals surface area contributed by atoms with Gasteiger partial charge in [0.15, 0.2) is 0 Å². The molecule has 4 aliphatic carbocycles. The first-order chi connectivity index (χ1) is 13.5. The monoisotopic (exact) mass is 374 g/mol. The molecule has 0 bridgehead atoms. The zero-order valence-corrected chi connectivity index (χ0v) is 17.0. The third kappa shape index (κ3) is 2.47. The number of fused-ring (bicyclic) bond motifs is 5. The van der Waals surface area contributed by atoms with Crippen molar-refractivity contribution in [1.29, 1.82) is 0 Å². The molecule has 1 aromatic rings. The third-order valence-electron chi connectivity index (χ3n) is 8.82. The van der Waals surface area contributed by atoms with E-state index < -0.39 is 0 Å². The lowest BCUT2D eigenvalue weighted by Crippen LogP contribution is -2.49. The molecule has 5 rings (SSSR count). The van der Waals surface area contributed by atoms with E-state index in [0.29, 0.717) is 11.6 Å². The number of aliphatic hydroxyl groups is 1. The summed E-state index contributed by atoms with van der Waals surface area (Å²) >= 11 is 0. The Labute approximate surface area is 168 Å². The maximum absolute atomic E-state index is 10.2. The maximum atomic E-state index is 10.2. The van der Waals surface area contributed by atoms with Gasteiger partial charge in [-0.25, -0.2) is 4.85 Å². The summed E-state index contributed by atoms with van der Waals surface area (Å²) in [5.41, 5.74) is 5.23. The van der Waals surface area contributed by atoms with Gasteiger partial charge >= 0.3 is 0 Å². The number of nitrogens with zero attached hydrogens (tertiary/aromatic N) is 2. The molecule has 0 aliphatic heterocycles. The fourth-order valence-corrected chi connectivity index (χ4v) is 7.29. The second-order valence-corrected chi connectivity index (χ2v) is 10.0. The van der Waals surface area contributed by atoms with Gasteiger partial charge in [-0.15, -0.1) is 0 Å². The van der Waals surface area contributed by atoms with Crippen LogP contribution in [0.1, 0.15) is 64.4 Å². The Balaban J connectivity index is 1.47. The van der Waals surface area contributed by atoms with Crippen LogP contribution in [0.25, 0.3) is 10.4 Å². The average Bonchev–Trinajstić information content (AvgIpc) is 3.06. The number of hydrogen-bond acceptors (Lipinski definition) is 2. The van der Waals surface area contributed by atoms with E-state index in [-0.39, 0.29) is 16.9 Å². The molecule has 2 saturated carbocycles. The second kappa shape index (κ2) is 6.29. The fraction of sp³-hybridized carbons (Fsp3) is 0.600. The summed E-state index contributed by atoms with van der Waals surface area (Å²) in [4.78, 5) is 7.92. The van der Waals surface area contributed by atoms with E-state index in [0.717, 1.165) is 43.1 Å². The Kier molecular flexibility index (Phi) is 4.07. The standard InChI is InChI=1S/C25H30N2O/c1-24-10-8-19(28)13-17(24)4-5-20-22-7-6-21(25(22,2)11-9-23(20)24)16-12-18(26-3)15-27-14-16/h4,6,12,14-15,19-20,22-23,28H,5,7-11,13H2,1-2H3/t19-,20-,22-,23-,24-,25+/m0/s1. The fourth-order valence-electron chi connectivity index (χ4n) is 7.29. The van der Waals surface area contributed by atoms with Crippen LogP contribution in [0.15, 0.2) is 36.2 Å². The van der Waals surface area contributed by atoms with Gasteiger partial charge in [-0.05, 0) is 90.7 Å². The second-order valence-electron chi connectivity index (χ2n) is 10.0. The van der Waals surface area contributed by atoms with Gasteiger partial charge in [0.25, 0.3) is 0 Å². The van der Waals surface area contributed by atoms with Crippen molar-refractivity contribution in [3.8, 4) is 0 Å². The van der Waals surface area contributed by atoms with Crippen molar-refractivity contribution in [3.63, 3.8) is 0 Å². The predicted octanol–water partition coefficient (Wildman–Crippen LogP) is 5.95. The smallest absolute Gasteiger partial charge is 0.205 e. The van der Waals surface area contributed by atoms with Gasteiger partial charge in [-0.3, -0.25) is 4.98 Å². The largest absolute Gasteiger partial charge is 0.393 e. The van der Waals surface area contributed by atoms with Crippen LogP contribution in [0.5, 0.6) is 0 Å². The average molecular weight is 375 g/mol. The summed E-state index contributed by atoms with van der Waals surface area (Å²) < 4.78 is 0. The molecule has 28 heavy (non-hydrogen) atoms. The molecular formula is C25H30N2O. The lowest BCUT2D eigenvalue weighted by Gasteiger charge is -2.57. The normalized spacial score (nSPS) is 41.8. The number of rotatable bonds is 1. The molecule has 3 heteroatoms. The first kappa shape index (κ1) is 18.1. The molecule has 2 fully saturated rings. The van der Waals surface area contributed by atoms with Crippen molar-refractivity contribution in [3.05, 3.63) is 53.2 Å². The van der Waals surface area contributed by atoms with Gasteiger partial charge < -0.3 is 5.11 Å². The molecule has 6 atom stereocenters. The van der Waals surface area contributed by atoms with E-state index in [1.54, 1.807) is 6.20 Å². The summed E-state index contributed by atoms with van der Waals surface area (Å²) in [6, 6.07) is 2.02. The minimum absolute atomic E-state index is 0.133. The summed E-state index contributed by atoms with van der Waals surface area (Å²) in [5, 5.41) is 10.2. The van der Waals surface area contributed by atoms with Crippen molar-refractivity contribution in [1.82, 2.24) is 4.98 Å². The van der Waals surface area contributed by atoms with Crippen molar-refractivity contribution >= 4 is 11.3 Å². The van der Waals surface area contributed by atoms with Crippen LogP contribution in [0, 0.1) is 35.2 Å². The van der Waals surface area contributed by atoms with Crippen LogP contribution in [0.4, 0.5) is 5.69 Å². The Morgan fingerprint density at radius 1 is 1.07 bits per heavy atom. The van der Waals surface area contributed by atoms with Crippen LogP contribution in [-0.4, -0.2) is 16.2 Å². The Morgan fingerprint density at radius 2 is 1.89 bits per heavy atom. The lowest BCUT2D eigenvalue weighted by molar-refractivity contribution is -0.0238. The maximum Gasteiger partial charge on any atom is 0.205 e. The third-order valence-corrected chi connectivity index (χ3v) is 8.82. The predicted molar refractivity (Wildman–Crippen MR) is 112 cm³/mol. The quantitative estimate of drug-likeness (QED) is 0.487. The number of aromatic nitrogens is 1. The van der Waals surface area contributed by atoms with E-state index in [4.69, 9.17) is 6.57 Å². The zero-order chi connectivity index (χ0) is 19.5. The Bertz CT molecular complexity index is 909. The van der Waals surface area contributed by atoms with E-state index in [9.17, 15) is 5.11 Å². The summed E-state index contributed by atoms with van der Waals surface area (Å²) in [5.74, 6) is 2.16. The highest BCUT2D eigenvalue weighted by atomic mass is 16.3. The van der Waals surface area contributed by atoms with Crippen molar-refractivity contribution < 1.29 is 5.11 Å². The van der Waals surface area contributed by atoms with Gasteiger partial charge in [-0.1, -0.05) is 31.6 Å². The van der Waals surface area contributed by atoms with E-state index in [2.05, 4.69) is 35.8 Å². The van der Waals surface area contributed by atoms with Gasteiger partial charge in [0, 0.05) is 12.4 Å². The van der Waals surface area contributed by atoms with Crippen LogP contribution >= 0.6 is 0 Å². The highest BCUT2D eigenvalue weighted by molar-refractivity contribution is 5.74. The Morgan fingerprint density at radius 3 is 2.71 bits per heavy atom.